The van der Waals surface area contributed by atoms with E-state index < -0.39 is 6.04 Å². The lowest BCUT2D eigenvalue weighted by Crippen LogP contribution is -2.53. The second-order valence-corrected chi connectivity index (χ2v) is 3.41. The molecule has 1 aromatic rings. The van der Waals surface area contributed by atoms with Crippen LogP contribution in [0.2, 0.25) is 0 Å². The first kappa shape index (κ1) is 9.71. The lowest BCUT2D eigenvalue weighted by molar-refractivity contribution is -0.164. The van der Waals surface area contributed by atoms with Crippen LogP contribution in [0.4, 0.5) is 0 Å². The lowest BCUT2D eigenvalue weighted by Gasteiger charge is -2.25. The second-order valence-electron chi connectivity index (χ2n) is 3.41. The van der Waals surface area contributed by atoms with E-state index in [4.69, 9.17) is 0 Å². The van der Waals surface area contributed by atoms with Gasteiger partial charge in [-0.1, -0.05) is 30.3 Å². The largest absolute Gasteiger partial charge is 0.461 e. The van der Waals surface area contributed by atoms with Gasteiger partial charge in [-0.15, -0.1) is 0 Å². The summed E-state index contributed by atoms with van der Waals surface area (Å²) in [6.07, 6.45) is 0.296. The van der Waals surface area contributed by atoms with Crippen molar-refractivity contribution < 1.29 is 14.3 Å². The summed E-state index contributed by atoms with van der Waals surface area (Å²) in [6, 6.07) is 8.95. The highest BCUT2D eigenvalue weighted by Crippen LogP contribution is 2.04. The fraction of sp³-hybridized carbons (Fsp3) is 0.273. The highest BCUT2D eigenvalue weighted by atomic mass is 16.6. The van der Waals surface area contributed by atoms with Gasteiger partial charge in [0.1, 0.15) is 6.61 Å². The summed E-state index contributed by atoms with van der Waals surface area (Å²) in [6.45, 7) is 0.291. The molecule has 0 radical (unpaired) electrons. The third-order valence-electron chi connectivity index (χ3n) is 2.22. The highest BCUT2D eigenvalue weighted by Gasteiger charge is 2.31. The van der Waals surface area contributed by atoms with E-state index in [1.54, 1.807) is 0 Å². The first-order valence-corrected chi connectivity index (χ1v) is 4.75. The van der Waals surface area contributed by atoms with Crippen molar-refractivity contribution in [3.63, 3.8) is 0 Å². The zero-order valence-corrected chi connectivity index (χ0v) is 8.10. The fourth-order valence-corrected chi connectivity index (χ4v) is 1.36. The molecule has 1 aromatic carbocycles. The van der Waals surface area contributed by atoms with Crippen molar-refractivity contribution in [3.05, 3.63) is 35.9 Å². The molecular weight excluding hydrogens is 194 g/mol. The van der Waals surface area contributed by atoms with Gasteiger partial charge in [-0.05, 0) is 5.56 Å². The SMILES string of the molecule is O=C(Cc1ccccc1)N[C@H]1COC1=O. The molecule has 2 rings (SSSR count). The molecule has 1 heterocycles. The first-order valence-electron chi connectivity index (χ1n) is 4.75. The zero-order valence-electron chi connectivity index (χ0n) is 8.10. The predicted molar refractivity (Wildman–Crippen MR) is 53.0 cm³/mol. The van der Waals surface area contributed by atoms with Crippen LogP contribution in [-0.2, 0) is 20.7 Å². The Morgan fingerprint density at radius 3 is 2.67 bits per heavy atom. The highest BCUT2D eigenvalue weighted by molar-refractivity contribution is 5.88. The summed E-state index contributed by atoms with van der Waals surface area (Å²) < 4.78 is 4.54. The molecule has 0 aliphatic carbocycles. The van der Waals surface area contributed by atoms with E-state index in [1.807, 2.05) is 30.3 Å². The van der Waals surface area contributed by atoms with Crippen LogP contribution in [0.25, 0.3) is 0 Å². The number of esters is 1. The number of ether oxygens (including phenoxy) is 1. The first-order chi connectivity index (χ1) is 7.25. The number of rotatable bonds is 3. The van der Waals surface area contributed by atoms with Gasteiger partial charge in [0.05, 0.1) is 6.42 Å². The normalized spacial score (nSPS) is 18.9. The molecule has 0 unspecified atom stereocenters. The molecule has 1 atom stereocenters. The third-order valence-corrected chi connectivity index (χ3v) is 2.22. The maximum atomic E-state index is 11.4. The monoisotopic (exact) mass is 205 g/mol. The smallest absolute Gasteiger partial charge is 0.332 e. The molecule has 1 saturated heterocycles. The van der Waals surface area contributed by atoms with Crippen LogP contribution < -0.4 is 5.32 Å². The van der Waals surface area contributed by atoms with E-state index in [2.05, 4.69) is 10.1 Å². The van der Waals surface area contributed by atoms with Crippen LogP contribution in [-0.4, -0.2) is 24.5 Å². The summed E-state index contributed by atoms with van der Waals surface area (Å²) in [5.41, 5.74) is 0.933. The Hall–Kier alpha value is -1.84. The van der Waals surface area contributed by atoms with Crippen LogP contribution in [0.15, 0.2) is 30.3 Å². The van der Waals surface area contributed by atoms with E-state index in [0.29, 0.717) is 13.0 Å². The number of amides is 1. The molecule has 0 bridgehead atoms. The van der Waals surface area contributed by atoms with Gasteiger partial charge in [-0.25, -0.2) is 4.79 Å². The summed E-state index contributed by atoms with van der Waals surface area (Å²) in [5.74, 6) is -0.501. The molecule has 1 N–H and O–H groups in total. The minimum atomic E-state index is -0.443. The van der Waals surface area contributed by atoms with Crippen molar-refractivity contribution in [2.24, 2.45) is 0 Å². The van der Waals surface area contributed by atoms with Crippen LogP contribution in [0.5, 0.6) is 0 Å². The summed E-state index contributed by atoms with van der Waals surface area (Å²) >= 11 is 0. The predicted octanol–water partition coefficient (Wildman–Crippen LogP) is 0.271. The molecule has 1 aliphatic rings. The van der Waals surface area contributed by atoms with Crippen LogP contribution in [0.3, 0.4) is 0 Å². The molecule has 4 heteroatoms. The number of hydrogen-bond acceptors (Lipinski definition) is 3. The van der Waals surface area contributed by atoms with Crippen molar-refractivity contribution in [2.75, 3.05) is 6.61 Å². The second kappa shape index (κ2) is 4.13. The van der Waals surface area contributed by atoms with Crippen molar-refractivity contribution in [3.8, 4) is 0 Å². The van der Waals surface area contributed by atoms with Crippen LogP contribution in [0.1, 0.15) is 5.56 Å². The average Bonchev–Trinajstić information content (AvgIpc) is 2.25. The van der Waals surface area contributed by atoms with Crippen LogP contribution in [0, 0.1) is 0 Å². The third kappa shape index (κ3) is 2.34. The Kier molecular flexibility index (Phi) is 2.67. The standard InChI is InChI=1S/C11H11NO3/c13-10(12-9-7-15-11(9)14)6-8-4-2-1-3-5-8/h1-5,9H,6-7H2,(H,12,13)/t9-/m0/s1. The van der Waals surface area contributed by atoms with Crippen LogP contribution >= 0.6 is 0 Å². The number of hydrogen-bond donors (Lipinski definition) is 1. The molecule has 1 fully saturated rings. The average molecular weight is 205 g/mol. The molecule has 0 aromatic heterocycles. The van der Waals surface area contributed by atoms with Gasteiger partial charge in [0.2, 0.25) is 5.91 Å². The Balaban J connectivity index is 1.85. The van der Waals surface area contributed by atoms with Crippen molar-refractivity contribution >= 4 is 11.9 Å². The molecule has 0 spiro atoms. The Labute approximate surface area is 87.2 Å². The summed E-state index contributed by atoms with van der Waals surface area (Å²) in [5, 5.41) is 2.60. The van der Waals surface area contributed by atoms with Gasteiger partial charge >= 0.3 is 5.97 Å². The Bertz CT molecular complexity index is 375. The van der Waals surface area contributed by atoms with Gasteiger partial charge in [-0.2, -0.15) is 0 Å². The van der Waals surface area contributed by atoms with Gasteiger partial charge in [0.25, 0.3) is 0 Å². The van der Waals surface area contributed by atoms with E-state index in [9.17, 15) is 9.59 Å². The Morgan fingerprint density at radius 1 is 1.40 bits per heavy atom. The Morgan fingerprint density at radius 2 is 2.13 bits per heavy atom. The number of carbonyl (C=O) groups is 2. The molecule has 1 aliphatic heterocycles. The van der Waals surface area contributed by atoms with E-state index in [0.717, 1.165) is 5.56 Å². The molecule has 15 heavy (non-hydrogen) atoms. The van der Waals surface area contributed by atoms with E-state index >= 15 is 0 Å². The number of benzene rings is 1. The topological polar surface area (TPSA) is 55.4 Å². The van der Waals surface area contributed by atoms with Gasteiger partial charge in [0, 0.05) is 0 Å². The number of nitrogens with one attached hydrogen (secondary N) is 1. The quantitative estimate of drug-likeness (QED) is 0.721. The van der Waals surface area contributed by atoms with E-state index in [1.165, 1.54) is 0 Å². The molecule has 0 saturated carbocycles. The zero-order chi connectivity index (χ0) is 10.7. The molecule has 78 valence electrons. The number of carbonyl (C=O) groups excluding carboxylic acids is 2. The van der Waals surface area contributed by atoms with Gasteiger partial charge in [-0.3, -0.25) is 4.79 Å². The molecule has 4 nitrogen and oxygen atoms in total. The maximum absolute atomic E-state index is 11.4. The number of cyclic esters (lactones) is 1. The summed E-state index contributed by atoms with van der Waals surface area (Å²) in [7, 11) is 0. The molecular formula is C11H11NO3. The summed E-state index contributed by atoms with van der Waals surface area (Å²) in [4.78, 5) is 22.2. The van der Waals surface area contributed by atoms with Gasteiger partial charge < -0.3 is 10.1 Å². The van der Waals surface area contributed by atoms with E-state index in [-0.39, 0.29) is 11.9 Å². The lowest BCUT2D eigenvalue weighted by atomic mass is 10.1. The molecule has 1 amide bonds. The van der Waals surface area contributed by atoms with Crippen molar-refractivity contribution in [1.29, 1.82) is 0 Å². The maximum Gasteiger partial charge on any atom is 0.332 e. The minimum absolute atomic E-state index is 0.150. The van der Waals surface area contributed by atoms with Crippen molar-refractivity contribution in [1.82, 2.24) is 5.32 Å². The minimum Gasteiger partial charge on any atom is -0.461 e. The fourth-order valence-electron chi connectivity index (χ4n) is 1.36. The van der Waals surface area contributed by atoms with Gasteiger partial charge in [0.15, 0.2) is 6.04 Å². The van der Waals surface area contributed by atoms with Crippen molar-refractivity contribution in [2.45, 2.75) is 12.5 Å².